The van der Waals surface area contributed by atoms with Crippen LogP contribution < -0.4 is 5.56 Å². The van der Waals surface area contributed by atoms with Crippen LogP contribution in [-0.4, -0.2) is 15.0 Å². The Kier molecular flexibility index (Phi) is 4.22. The van der Waals surface area contributed by atoms with Crippen LogP contribution in [0.4, 0.5) is 0 Å². The lowest BCUT2D eigenvalue weighted by Gasteiger charge is -2.11. The lowest BCUT2D eigenvalue weighted by atomic mass is 9.97. The molecule has 1 aliphatic rings. The van der Waals surface area contributed by atoms with E-state index < -0.39 is 0 Å². The molecule has 0 amide bonds. The number of allylic oxidation sites excluding steroid dienone is 1. The van der Waals surface area contributed by atoms with Gasteiger partial charge in [0.15, 0.2) is 0 Å². The van der Waals surface area contributed by atoms with Gasteiger partial charge in [0, 0.05) is 10.1 Å². The molecule has 0 saturated heterocycles. The quantitative estimate of drug-likeness (QED) is 0.630. The summed E-state index contributed by atoms with van der Waals surface area (Å²) in [6, 6.07) is 0. The molecule has 0 radical (unpaired) electrons. The van der Waals surface area contributed by atoms with Crippen LogP contribution in [0, 0.1) is 0 Å². The minimum atomic E-state index is 0.0532. The van der Waals surface area contributed by atoms with Gasteiger partial charge in [-0.25, -0.2) is 4.68 Å². The Morgan fingerprint density at radius 3 is 2.90 bits per heavy atom. The summed E-state index contributed by atoms with van der Waals surface area (Å²) < 4.78 is 2.67. The molecule has 21 heavy (non-hydrogen) atoms. The molecule has 0 unspecified atom stereocenters. The van der Waals surface area contributed by atoms with E-state index in [1.165, 1.54) is 23.3 Å². The Hall–Kier alpha value is -1.07. The van der Waals surface area contributed by atoms with E-state index in [2.05, 4.69) is 25.5 Å². The Morgan fingerprint density at radius 1 is 1.43 bits per heavy atom. The van der Waals surface area contributed by atoms with Crippen molar-refractivity contribution in [3.8, 4) is 0 Å². The van der Waals surface area contributed by atoms with E-state index in [0.29, 0.717) is 11.8 Å². The molecule has 0 bridgehead atoms. The van der Waals surface area contributed by atoms with Crippen LogP contribution in [0.15, 0.2) is 22.5 Å². The molecule has 0 aliphatic heterocycles. The van der Waals surface area contributed by atoms with Gasteiger partial charge in [-0.3, -0.25) is 4.79 Å². The van der Waals surface area contributed by atoms with E-state index in [0.717, 1.165) is 28.0 Å². The molecule has 1 aliphatic carbocycles. The van der Waals surface area contributed by atoms with Crippen molar-refractivity contribution >= 4 is 33.2 Å². The zero-order chi connectivity index (χ0) is 15.0. The Morgan fingerprint density at radius 2 is 2.19 bits per heavy atom. The zero-order valence-electron chi connectivity index (χ0n) is 12.5. The number of hydrogen-bond donors (Lipinski definition) is 0. The van der Waals surface area contributed by atoms with Crippen LogP contribution in [0.2, 0.25) is 0 Å². The van der Waals surface area contributed by atoms with Gasteiger partial charge in [-0.05, 0) is 31.2 Å². The van der Waals surface area contributed by atoms with Gasteiger partial charge in [-0.2, -0.15) is 5.10 Å². The van der Waals surface area contributed by atoms with Crippen LogP contribution >= 0.6 is 23.1 Å². The fraction of sp³-hybridized carbons (Fsp3) is 0.500. The summed E-state index contributed by atoms with van der Waals surface area (Å²) in [5, 5.41) is 6.96. The Labute approximate surface area is 133 Å². The molecule has 0 atom stereocenters. The van der Waals surface area contributed by atoms with Gasteiger partial charge in [-0.15, -0.1) is 29.7 Å². The Bertz CT molecular complexity index is 743. The predicted octanol–water partition coefficient (Wildman–Crippen LogP) is 4.02. The van der Waals surface area contributed by atoms with Gasteiger partial charge in [0.1, 0.15) is 5.03 Å². The third kappa shape index (κ3) is 2.69. The largest absolute Gasteiger partial charge is 0.276 e. The molecule has 0 N–H and O–H groups in total. The van der Waals surface area contributed by atoms with Gasteiger partial charge in [0.25, 0.3) is 5.56 Å². The second kappa shape index (κ2) is 5.97. The smallest absolute Gasteiger partial charge is 0.267 e. The third-order valence-electron chi connectivity index (χ3n) is 3.67. The summed E-state index contributed by atoms with van der Waals surface area (Å²) in [5.74, 6) is 0. The fourth-order valence-electron chi connectivity index (χ4n) is 2.82. The van der Waals surface area contributed by atoms with Crippen molar-refractivity contribution in [2.45, 2.75) is 56.4 Å². The van der Waals surface area contributed by atoms with Crippen LogP contribution in [0.3, 0.4) is 0 Å². The number of aryl methyl sites for hydroxylation is 2. The lowest BCUT2D eigenvalue weighted by Crippen LogP contribution is -2.23. The summed E-state index contributed by atoms with van der Waals surface area (Å²) >= 11 is 3.53. The predicted molar refractivity (Wildman–Crippen MR) is 91.7 cm³/mol. The van der Waals surface area contributed by atoms with Crippen LogP contribution in [0.1, 0.15) is 37.1 Å². The maximum Gasteiger partial charge on any atom is 0.276 e. The van der Waals surface area contributed by atoms with Crippen LogP contribution in [0.5, 0.6) is 0 Å². The van der Waals surface area contributed by atoms with Crippen molar-refractivity contribution in [2.75, 3.05) is 0 Å². The van der Waals surface area contributed by atoms with E-state index in [9.17, 15) is 4.79 Å². The molecule has 5 heteroatoms. The normalized spacial score (nSPS) is 14.6. The number of thiophene rings is 1. The second-order valence-corrected chi connectivity index (χ2v) is 8.33. The molecule has 2 aromatic rings. The molecular formula is C16H20N2OS2. The monoisotopic (exact) mass is 320 g/mol. The molecule has 3 rings (SSSR count). The summed E-state index contributed by atoms with van der Waals surface area (Å²) in [6.07, 6.45) is 6.31. The number of hydrogen-bond acceptors (Lipinski definition) is 4. The average Bonchev–Trinajstić information content (AvgIpc) is 2.83. The summed E-state index contributed by atoms with van der Waals surface area (Å²) in [6.45, 7) is 8.54. The fourth-order valence-corrected chi connectivity index (χ4v) is 5.15. The first-order valence-electron chi connectivity index (χ1n) is 7.44. The third-order valence-corrected chi connectivity index (χ3v) is 6.08. The van der Waals surface area contributed by atoms with Crippen molar-refractivity contribution in [2.24, 2.45) is 0 Å². The van der Waals surface area contributed by atoms with Gasteiger partial charge in [0.05, 0.1) is 16.6 Å². The summed E-state index contributed by atoms with van der Waals surface area (Å²) in [5.41, 5.74) is 1.34. The highest BCUT2D eigenvalue weighted by Gasteiger charge is 2.22. The molecule has 0 saturated carbocycles. The van der Waals surface area contributed by atoms with Gasteiger partial charge >= 0.3 is 0 Å². The number of rotatable bonds is 4. The molecule has 2 aromatic heterocycles. The van der Waals surface area contributed by atoms with Gasteiger partial charge in [0.2, 0.25) is 0 Å². The molecule has 2 heterocycles. The van der Waals surface area contributed by atoms with Gasteiger partial charge < -0.3 is 0 Å². The molecule has 0 fully saturated rings. The van der Waals surface area contributed by atoms with E-state index in [-0.39, 0.29) is 5.56 Å². The van der Waals surface area contributed by atoms with Crippen molar-refractivity contribution in [1.29, 1.82) is 0 Å². The Balaban J connectivity index is 2.29. The standard InChI is InChI=1S/C16H20N2OS2/c1-4-9-18-16(19)13-11-7-5-6-8-12(11)21-14(13)15(17-18)20-10(2)3/h4,10H,1,5-9H2,2-3H3. The van der Waals surface area contributed by atoms with E-state index >= 15 is 0 Å². The maximum absolute atomic E-state index is 12.7. The molecule has 0 spiro atoms. The second-order valence-electron chi connectivity index (χ2n) is 5.66. The SMILES string of the molecule is C=CCn1nc(SC(C)C)c2sc3c(c2c1=O)CCCC3. The van der Waals surface area contributed by atoms with Crippen molar-refractivity contribution in [3.63, 3.8) is 0 Å². The highest BCUT2D eigenvalue weighted by atomic mass is 32.2. The lowest BCUT2D eigenvalue weighted by molar-refractivity contribution is 0.631. The van der Waals surface area contributed by atoms with E-state index in [4.69, 9.17) is 0 Å². The summed E-state index contributed by atoms with van der Waals surface area (Å²) in [4.78, 5) is 14.1. The molecule has 3 nitrogen and oxygen atoms in total. The number of aromatic nitrogens is 2. The first-order valence-corrected chi connectivity index (χ1v) is 9.14. The first kappa shape index (κ1) is 14.9. The minimum Gasteiger partial charge on any atom is -0.267 e. The first-order chi connectivity index (χ1) is 10.1. The highest BCUT2D eigenvalue weighted by molar-refractivity contribution is 8.00. The van der Waals surface area contributed by atoms with Crippen LogP contribution in [0.25, 0.3) is 10.1 Å². The van der Waals surface area contributed by atoms with Crippen LogP contribution in [-0.2, 0) is 19.4 Å². The highest BCUT2D eigenvalue weighted by Crippen LogP contribution is 2.39. The summed E-state index contributed by atoms with van der Waals surface area (Å²) in [7, 11) is 0. The average molecular weight is 320 g/mol. The van der Waals surface area contributed by atoms with E-state index in [1.807, 2.05) is 0 Å². The maximum atomic E-state index is 12.7. The number of fused-ring (bicyclic) bond motifs is 3. The molecule has 0 aromatic carbocycles. The van der Waals surface area contributed by atoms with Gasteiger partial charge in [-0.1, -0.05) is 19.9 Å². The van der Waals surface area contributed by atoms with Crippen molar-refractivity contribution in [3.05, 3.63) is 33.4 Å². The molecular weight excluding hydrogens is 300 g/mol. The molecule has 112 valence electrons. The number of nitrogens with zero attached hydrogens (tertiary/aromatic N) is 2. The van der Waals surface area contributed by atoms with Crippen molar-refractivity contribution < 1.29 is 0 Å². The topological polar surface area (TPSA) is 34.9 Å². The zero-order valence-corrected chi connectivity index (χ0v) is 14.1. The van der Waals surface area contributed by atoms with E-state index in [1.54, 1.807) is 33.9 Å². The minimum absolute atomic E-state index is 0.0532. The van der Waals surface area contributed by atoms with Crippen molar-refractivity contribution in [1.82, 2.24) is 9.78 Å². The number of thioether (sulfide) groups is 1.